The number of ketones is 1. The number of nitrogen functional groups attached to an aromatic ring is 1. The Labute approximate surface area is 177 Å². The molecule has 5 atom stereocenters. The van der Waals surface area contributed by atoms with Crippen molar-refractivity contribution in [2.24, 2.45) is 0 Å². The number of hydrogen-bond donors (Lipinski definition) is 7. The molecule has 2 aromatic rings. The Morgan fingerprint density at radius 3 is 2.35 bits per heavy atom. The number of anilines is 1. The Balaban J connectivity index is 1.82. The number of aromatic hydroxyl groups is 2. The summed E-state index contributed by atoms with van der Waals surface area (Å²) in [6.07, 6.45) is -7.46. The van der Waals surface area contributed by atoms with E-state index in [9.17, 15) is 35.4 Å². The molecule has 2 aromatic carbocycles. The molecule has 0 amide bonds. The summed E-state index contributed by atoms with van der Waals surface area (Å²) in [7, 11) is 0. The molecule has 10 nitrogen and oxygen atoms in total. The molecule has 0 radical (unpaired) electrons. The second-order valence-electron chi connectivity index (χ2n) is 7.32. The van der Waals surface area contributed by atoms with Crippen molar-refractivity contribution in [1.82, 2.24) is 0 Å². The highest BCUT2D eigenvalue weighted by Crippen LogP contribution is 2.36. The molecule has 0 spiro atoms. The van der Waals surface area contributed by atoms with Gasteiger partial charge in [0.15, 0.2) is 5.78 Å². The van der Waals surface area contributed by atoms with E-state index in [1.807, 2.05) is 0 Å². The number of ether oxygens (including phenoxy) is 2. The minimum absolute atomic E-state index is 0.00665. The average molecular weight is 435 g/mol. The number of hydrogen-bond acceptors (Lipinski definition) is 10. The second kappa shape index (κ2) is 9.50. The number of Topliss-reactive ketones (excluding diaryl/α,β-unsaturated/α-hetero) is 1. The monoisotopic (exact) mass is 435 g/mol. The molecule has 1 aliphatic heterocycles. The van der Waals surface area contributed by atoms with Crippen LogP contribution in [0, 0.1) is 0 Å². The maximum absolute atomic E-state index is 12.8. The molecule has 1 saturated heterocycles. The number of aliphatic hydroxyl groups excluding tert-OH is 4. The zero-order valence-corrected chi connectivity index (χ0v) is 16.5. The average Bonchev–Trinajstić information content (AvgIpc) is 2.73. The smallest absolute Gasteiger partial charge is 0.229 e. The van der Waals surface area contributed by atoms with Crippen molar-refractivity contribution in [3.05, 3.63) is 47.5 Å². The Hall–Kier alpha value is -2.89. The van der Waals surface area contributed by atoms with E-state index in [4.69, 9.17) is 15.2 Å². The predicted molar refractivity (Wildman–Crippen MR) is 108 cm³/mol. The van der Waals surface area contributed by atoms with E-state index in [-0.39, 0.29) is 17.7 Å². The van der Waals surface area contributed by atoms with Crippen LogP contribution in [0.1, 0.15) is 22.3 Å². The third-order valence-corrected chi connectivity index (χ3v) is 5.06. The van der Waals surface area contributed by atoms with Gasteiger partial charge in [0.1, 0.15) is 47.2 Å². The molecule has 8 N–H and O–H groups in total. The van der Waals surface area contributed by atoms with Crippen molar-refractivity contribution in [1.29, 1.82) is 0 Å². The van der Waals surface area contributed by atoms with Crippen LogP contribution in [0.5, 0.6) is 17.2 Å². The van der Waals surface area contributed by atoms with Crippen molar-refractivity contribution >= 4 is 11.5 Å². The van der Waals surface area contributed by atoms with E-state index in [2.05, 4.69) is 0 Å². The minimum Gasteiger partial charge on any atom is -0.508 e. The molecule has 0 bridgehead atoms. The van der Waals surface area contributed by atoms with Gasteiger partial charge < -0.3 is 45.8 Å². The highest BCUT2D eigenvalue weighted by Gasteiger charge is 2.45. The number of aryl methyl sites for hydroxylation is 1. The standard InChI is InChI=1S/C21H25NO9/c22-11-4-1-10(2-5-11)3-6-13(25)17-14(26)7-12(24)8-15(17)30-21-20(29)19(28)18(27)16(9-23)31-21/h1-2,4-5,7-8,16,18-21,23-24,26-29H,3,6,9,22H2/t16-,18+,19-,20-,21+/m0/s1. The van der Waals surface area contributed by atoms with Crippen molar-refractivity contribution in [3.63, 3.8) is 0 Å². The normalized spacial score (nSPS) is 25.9. The van der Waals surface area contributed by atoms with Gasteiger partial charge in [-0.1, -0.05) is 12.1 Å². The number of phenolic OH excluding ortho intramolecular Hbond substituents is 2. The molecule has 10 heteroatoms. The maximum Gasteiger partial charge on any atom is 0.229 e. The van der Waals surface area contributed by atoms with Crippen LogP contribution in [-0.4, -0.2) is 73.7 Å². The van der Waals surface area contributed by atoms with Gasteiger partial charge in [-0.3, -0.25) is 4.79 Å². The third kappa shape index (κ3) is 5.06. The number of nitrogens with two attached hydrogens (primary N) is 1. The zero-order valence-electron chi connectivity index (χ0n) is 16.5. The fraction of sp³-hybridized carbons (Fsp3) is 0.381. The van der Waals surface area contributed by atoms with E-state index in [0.29, 0.717) is 12.1 Å². The summed E-state index contributed by atoms with van der Waals surface area (Å²) in [5, 5.41) is 59.3. The first-order valence-electron chi connectivity index (χ1n) is 9.62. The number of phenols is 2. The van der Waals surface area contributed by atoms with Crippen LogP contribution < -0.4 is 10.5 Å². The van der Waals surface area contributed by atoms with E-state index < -0.39 is 54.6 Å². The second-order valence-corrected chi connectivity index (χ2v) is 7.32. The van der Waals surface area contributed by atoms with Gasteiger partial charge in [0.2, 0.25) is 6.29 Å². The van der Waals surface area contributed by atoms with Gasteiger partial charge in [-0.05, 0) is 24.1 Å². The lowest BCUT2D eigenvalue weighted by Gasteiger charge is -2.39. The molecule has 1 fully saturated rings. The summed E-state index contributed by atoms with van der Waals surface area (Å²) in [4.78, 5) is 12.8. The summed E-state index contributed by atoms with van der Waals surface area (Å²) in [6, 6.07) is 8.96. The summed E-state index contributed by atoms with van der Waals surface area (Å²) in [5.41, 5.74) is 6.83. The molecule has 0 aromatic heterocycles. The molecule has 0 unspecified atom stereocenters. The highest BCUT2D eigenvalue weighted by atomic mass is 16.7. The van der Waals surface area contributed by atoms with Crippen LogP contribution in [0.15, 0.2) is 36.4 Å². The first-order chi connectivity index (χ1) is 14.7. The highest BCUT2D eigenvalue weighted by molar-refractivity contribution is 6.01. The molecule has 3 rings (SSSR count). The number of carbonyl (C=O) groups is 1. The molecule has 31 heavy (non-hydrogen) atoms. The molecule has 1 aliphatic rings. The van der Waals surface area contributed by atoms with Crippen LogP contribution in [0.4, 0.5) is 5.69 Å². The Morgan fingerprint density at radius 1 is 1.03 bits per heavy atom. The quantitative estimate of drug-likeness (QED) is 0.225. The third-order valence-electron chi connectivity index (χ3n) is 5.06. The first kappa shape index (κ1) is 22.8. The molecule has 168 valence electrons. The lowest BCUT2D eigenvalue weighted by Crippen LogP contribution is -2.60. The van der Waals surface area contributed by atoms with Crippen LogP contribution in [0.25, 0.3) is 0 Å². The van der Waals surface area contributed by atoms with Crippen molar-refractivity contribution in [3.8, 4) is 17.2 Å². The lowest BCUT2D eigenvalue weighted by molar-refractivity contribution is -0.277. The van der Waals surface area contributed by atoms with Crippen LogP contribution in [0.3, 0.4) is 0 Å². The summed E-state index contributed by atoms with van der Waals surface area (Å²) in [6.45, 7) is -0.663. The van der Waals surface area contributed by atoms with Crippen LogP contribution >= 0.6 is 0 Å². The number of aliphatic hydroxyl groups is 4. The SMILES string of the molecule is Nc1ccc(CCC(=O)c2c(O)cc(O)cc2O[C@@H]2O[C@@H](CO)[C@@H](O)[C@H](O)[C@@H]2O)cc1. The maximum atomic E-state index is 12.8. The fourth-order valence-corrected chi connectivity index (χ4v) is 3.32. The number of rotatable bonds is 7. The summed E-state index contributed by atoms with van der Waals surface area (Å²) in [5.74, 6) is -1.74. The van der Waals surface area contributed by atoms with Crippen LogP contribution in [-0.2, 0) is 11.2 Å². The van der Waals surface area contributed by atoms with Gasteiger partial charge in [-0.15, -0.1) is 0 Å². The molecule has 0 aliphatic carbocycles. The number of carbonyl (C=O) groups excluding carboxylic acids is 1. The van der Waals surface area contributed by atoms with Gasteiger partial charge in [0, 0.05) is 24.2 Å². The minimum atomic E-state index is -1.72. The topological polar surface area (TPSA) is 183 Å². The lowest BCUT2D eigenvalue weighted by atomic mass is 9.99. The molecular formula is C21H25NO9. The largest absolute Gasteiger partial charge is 0.508 e. The van der Waals surface area contributed by atoms with Gasteiger partial charge >= 0.3 is 0 Å². The predicted octanol–water partition coefficient (Wildman–Crippen LogP) is -0.326. The van der Waals surface area contributed by atoms with E-state index >= 15 is 0 Å². The van der Waals surface area contributed by atoms with Crippen molar-refractivity contribution < 1.29 is 44.9 Å². The van der Waals surface area contributed by atoms with Gasteiger partial charge in [0.25, 0.3) is 0 Å². The summed E-state index contributed by atoms with van der Waals surface area (Å²) < 4.78 is 10.8. The van der Waals surface area contributed by atoms with Crippen molar-refractivity contribution in [2.75, 3.05) is 12.3 Å². The van der Waals surface area contributed by atoms with Gasteiger partial charge in [0.05, 0.1) is 6.61 Å². The Kier molecular flexibility index (Phi) is 6.98. The summed E-state index contributed by atoms with van der Waals surface area (Å²) >= 11 is 0. The molecule has 1 heterocycles. The van der Waals surface area contributed by atoms with Gasteiger partial charge in [-0.25, -0.2) is 0 Å². The zero-order chi connectivity index (χ0) is 22.7. The van der Waals surface area contributed by atoms with Crippen molar-refractivity contribution in [2.45, 2.75) is 43.5 Å². The van der Waals surface area contributed by atoms with E-state index in [0.717, 1.165) is 17.7 Å². The first-order valence-corrected chi connectivity index (χ1v) is 9.62. The van der Waals surface area contributed by atoms with Gasteiger partial charge in [-0.2, -0.15) is 0 Å². The Bertz CT molecular complexity index is 916. The van der Waals surface area contributed by atoms with Crippen LogP contribution in [0.2, 0.25) is 0 Å². The van der Waals surface area contributed by atoms with E-state index in [1.54, 1.807) is 24.3 Å². The molecular weight excluding hydrogens is 410 g/mol. The molecule has 0 saturated carbocycles. The van der Waals surface area contributed by atoms with E-state index in [1.165, 1.54) is 0 Å². The number of benzene rings is 2. The Morgan fingerprint density at radius 2 is 1.71 bits per heavy atom. The fourth-order valence-electron chi connectivity index (χ4n) is 3.32.